The van der Waals surface area contributed by atoms with E-state index in [9.17, 15) is 19.7 Å². The number of carbonyl (C=O) groups is 2. The van der Waals surface area contributed by atoms with Gasteiger partial charge in [-0.1, -0.05) is 11.8 Å². The Morgan fingerprint density at radius 3 is 2.62 bits per heavy atom. The predicted molar refractivity (Wildman–Crippen MR) is 96.5 cm³/mol. The number of amidine groups is 1. The van der Waals surface area contributed by atoms with Gasteiger partial charge in [0.1, 0.15) is 0 Å². The zero-order valence-electron chi connectivity index (χ0n) is 14.5. The molecule has 26 heavy (non-hydrogen) atoms. The minimum atomic E-state index is -0.715. The van der Waals surface area contributed by atoms with Gasteiger partial charge in [0.25, 0.3) is 5.69 Å². The van der Waals surface area contributed by atoms with Crippen LogP contribution in [0.1, 0.15) is 32.4 Å². The number of rotatable bonds is 4. The van der Waals surface area contributed by atoms with Crippen LogP contribution in [0, 0.1) is 10.1 Å². The van der Waals surface area contributed by atoms with E-state index in [0.29, 0.717) is 16.4 Å². The van der Waals surface area contributed by atoms with Crippen LogP contribution in [0.2, 0.25) is 0 Å². The van der Waals surface area contributed by atoms with Gasteiger partial charge >= 0.3 is 5.97 Å². The second-order valence-electron chi connectivity index (χ2n) is 5.83. The number of esters is 1. The van der Waals surface area contributed by atoms with Gasteiger partial charge in [-0.05, 0) is 38.5 Å². The Morgan fingerprint density at radius 1 is 1.38 bits per heavy atom. The molecule has 1 amide bonds. The molecule has 0 spiro atoms. The van der Waals surface area contributed by atoms with Crippen molar-refractivity contribution in [2.75, 3.05) is 6.61 Å². The van der Waals surface area contributed by atoms with Gasteiger partial charge in [0.05, 0.1) is 34.1 Å². The fraction of sp³-hybridized carbons (Fsp3) is 0.353. The molecular weight excluding hydrogens is 358 g/mol. The molecule has 1 aromatic rings. The number of thioether (sulfide) groups is 1. The highest BCUT2D eigenvalue weighted by Gasteiger charge is 2.46. The van der Waals surface area contributed by atoms with E-state index < -0.39 is 16.9 Å². The normalized spacial score (nSPS) is 22.2. The summed E-state index contributed by atoms with van der Waals surface area (Å²) in [4.78, 5) is 41.5. The van der Waals surface area contributed by atoms with Crippen molar-refractivity contribution in [3.8, 4) is 0 Å². The fourth-order valence-electron chi connectivity index (χ4n) is 2.97. The van der Waals surface area contributed by atoms with Crippen LogP contribution in [0.5, 0.6) is 0 Å². The zero-order valence-corrected chi connectivity index (χ0v) is 15.3. The van der Waals surface area contributed by atoms with E-state index in [0.717, 1.165) is 0 Å². The summed E-state index contributed by atoms with van der Waals surface area (Å²) in [5.41, 5.74) is 1.28. The molecule has 0 radical (unpaired) electrons. The van der Waals surface area contributed by atoms with E-state index in [-0.39, 0.29) is 29.0 Å². The monoisotopic (exact) mass is 375 g/mol. The summed E-state index contributed by atoms with van der Waals surface area (Å²) in [6.45, 7) is 5.37. The van der Waals surface area contributed by atoms with Crippen LogP contribution in [-0.2, 0) is 14.3 Å². The minimum Gasteiger partial charge on any atom is -0.463 e. The number of allylic oxidation sites excluding steroid dienone is 1. The van der Waals surface area contributed by atoms with Gasteiger partial charge in [-0.15, -0.1) is 0 Å². The first-order chi connectivity index (χ1) is 12.3. The molecule has 2 aliphatic heterocycles. The van der Waals surface area contributed by atoms with Crippen LogP contribution >= 0.6 is 11.8 Å². The van der Waals surface area contributed by atoms with Crippen LogP contribution < -0.4 is 0 Å². The SMILES string of the molecule is CCOC(=O)C1=C(C)N=C2SC(C)C(=O)N2C1c1ccc([N+](=O)[O-])cc1. The van der Waals surface area contributed by atoms with Crippen molar-refractivity contribution in [3.05, 3.63) is 51.2 Å². The van der Waals surface area contributed by atoms with Crippen molar-refractivity contribution in [2.45, 2.75) is 32.1 Å². The maximum absolute atomic E-state index is 12.7. The predicted octanol–water partition coefficient (Wildman–Crippen LogP) is 2.81. The summed E-state index contributed by atoms with van der Waals surface area (Å²) in [6.07, 6.45) is 0. The van der Waals surface area contributed by atoms with Gasteiger partial charge in [-0.2, -0.15) is 0 Å². The number of non-ortho nitro benzene ring substituents is 1. The Kier molecular flexibility index (Phi) is 4.82. The lowest BCUT2D eigenvalue weighted by Crippen LogP contribution is -2.40. The number of benzene rings is 1. The van der Waals surface area contributed by atoms with Crippen molar-refractivity contribution in [1.82, 2.24) is 4.90 Å². The smallest absolute Gasteiger partial charge is 0.338 e. The minimum absolute atomic E-state index is 0.0627. The number of nitro groups is 1. The Hall–Kier alpha value is -2.68. The molecule has 2 unspecified atom stereocenters. The van der Waals surface area contributed by atoms with Crippen molar-refractivity contribution < 1.29 is 19.2 Å². The molecule has 0 aromatic heterocycles. The third-order valence-electron chi connectivity index (χ3n) is 4.17. The number of fused-ring (bicyclic) bond motifs is 1. The number of hydrogen-bond donors (Lipinski definition) is 0. The molecule has 8 nitrogen and oxygen atoms in total. The quantitative estimate of drug-likeness (QED) is 0.455. The molecular formula is C17H17N3O5S. The standard InChI is InChI=1S/C17H17N3O5S/c1-4-25-16(22)13-9(2)18-17-19(15(21)10(3)26-17)14(13)11-5-7-12(8-6-11)20(23)24/h5-8,10,14H,4H2,1-3H3. The van der Waals surface area contributed by atoms with Gasteiger partial charge in [0, 0.05) is 12.1 Å². The summed E-state index contributed by atoms with van der Waals surface area (Å²) in [5, 5.41) is 11.1. The summed E-state index contributed by atoms with van der Waals surface area (Å²) in [7, 11) is 0. The third kappa shape index (κ3) is 2.98. The lowest BCUT2D eigenvalue weighted by Gasteiger charge is -2.32. The topological polar surface area (TPSA) is 102 Å². The summed E-state index contributed by atoms with van der Waals surface area (Å²) >= 11 is 1.33. The molecule has 2 heterocycles. The number of ether oxygens (including phenoxy) is 1. The highest BCUT2D eigenvalue weighted by molar-refractivity contribution is 8.15. The molecule has 0 bridgehead atoms. The van der Waals surface area contributed by atoms with Crippen LogP contribution in [-0.4, -0.2) is 38.7 Å². The van der Waals surface area contributed by atoms with E-state index in [4.69, 9.17) is 4.74 Å². The van der Waals surface area contributed by atoms with Gasteiger partial charge < -0.3 is 4.74 Å². The van der Waals surface area contributed by atoms with Gasteiger partial charge in [-0.25, -0.2) is 9.79 Å². The number of nitro benzene ring substituents is 1. The largest absolute Gasteiger partial charge is 0.463 e. The highest BCUT2D eigenvalue weighted by atomic mass is 32.2. The van der Waals surface area contributed by atoms with Crippen LogP contribution in [0.3, 0.4) is 0 Å². The van der Waals surface area contributed by atoms with Crippen LogP contribution in [0.4, 0.5) is 5.69 Å². The maximum Gasteiger partial charge on any atom is 0.338 e. The molecule has 0 saturated carbocycles. The summed E-state index contributed by atoms with van der Waals surface area (Å²) in [6, 6.07) is 5.11. The van der Waals surface area contributed by atoms with Crippen LogP contribution in [0.15, 0.2) is 40.5 Å². The molecule has 1 aromatic carbocycles. The zero-order chi connectivity index (χ0) is 19.0. The summed E-state index contributed by atoms with van der Waals surface area (Å²) < 4.78 is 5.16. The first-order valence-electron chi connectivity index (χ1n) is 8.05. The number of aliphatic imine (C=N–C) groups is 1. The van der Waals surface area contributed by atoms with E-state index in [1.807, 2.05) is 0 Å². The molecule has 136 valence electrons. The lowest BCUT2D eigenvalue weighted by molar-refractivity contribution is -0.384. The van der Waals surface area contributed by atoms with E-state index in [1.54, 1.807) is 32.9 Å². The highest BCUT2D eigenvalue weighted by Crippen LogP contribution is 2.43. The van der Waals surface area contributed by atoms with Crippen LogP contribution in [0.25, 0.3) is 0 Å². The van der Waals surface area contributed by atoms with Crippen molar-refractivity contribution in [1.29, 1.82) is 0 Å². The molecule has 9 heteroatoms. The lowest BCUT2D eigenvalue weighted by atomic mass is 9.94. The molecule has 0 aliphatic carbocycles. The Bertz CT molecular complexity index is 846. The first kappa shape index (κ1) is 18.1. The maximum atomic E-state index is 12.7. The molecule has 2 aliphatic rings. The number of carbonyl (C=O) groups excluding carboxylic acids is 2. The van der Waals surface area contributed by atoms with E-state index >= 15 is 0 Å². The molecule has 0 N–H and O–H groups in total. The molecule has 3 rings (SSSR count). The van der Waals surface area contributed by atoms with E-state index in [2.05, 4.69) is 4.99 Å². The molecule has 2 atom stereocenters. The van der Waals surface area contributed by atoms with E-state index in [1.165, 1.54) is 28.8 Å². The fourth-order valence-corrected chi connectivity index (χ4v) is 4.00. The van der Waals surface area contributed by atoms with Gasteiger partial charge in [0.15, 0.2) is 5.17 Å². The molecule has 1 fully saturated rings. The van der Waals surface area contributed by atoms with Crippen molar-refractivity contribution >= 4 is 34.5 Å². The Balaban J connectivity index is 2.12. The average Bonchev–Trinajstić information content (AvgIpc) is 2.87. The molecule has 1 saturated heterocycles. The summed E-state index contributed by atoms with van der Waals surface area (Å²) in [5.74, 6) is -0.708. The third-order valence-corrected chi connectivity index (χ3v) is 5.23. The number of hydrogen-bond acceptors (Lipinski definition) is 7. The average molecular weight is 375 g/mol. The number of nitrogens with zero attached hydrogens (tertiary/aromatic N) is 3. The van der Waals surface area contributed by atoms with Gasteiger partial charge in [0.2, 0.25) is 5.91 Å². The Morgan fingerprint density at radius 2 is 2.04 bits per heavy atom. The van der Waals surface area contributed by atoms with Crippen molar-refractivity contribution in [3.63, 3.8) is 0 Å². The van der Waals surface area contributed by atoms with Gasteiger partial charge in [-0.3, -0.25) is 19.8 Å². The second kappa shape index (κ2) is 6.91. The number of amides is 1. The second-order valence-corrected chi connectivity index (χ2v) is 7.14. The Labute approximate surface area is 154 Å². The first-order valence-corrected chi connectivity index (χ1v) is 8.93. The van der Waals surface area contributed by atoms with Crippen molar-refractivity contribution in [2.24, 2.45) is 4.99 Å².